The van der Waals surface area contributed by atoms with Gasteiger partial charge in [-0.2, -0.15) is 13.2 Å². The number of benzene rings is 1. The van der Waals surface area contributed by atoms with Crippen molar-refractivity contribution in [3.05, 3.63) is 34.9 Å². The molecule has 88 valence electrons. The van der Waals surface area contributed by atoms with Gasteiger partial charge in [0.2, 0.25) is 0 Å². The van der Waals surface area contributed by atoms with Crippen LogP contribution >= 0.6 is 0 Å². The molecule has 0 bridgehead atoms. The van der Waals surface area contributed by atoms with Crippen molar-refractivity contribution in [2.75, 3.05) is 0 Å². The topological polar surface area (TPSA) is 63.3 Å². The highest BCUT2D eigenvalue weighted by Gasteiger charge is 2.33. The van der Waals surface area contributed by atoms with E-state index >= 15 is 0 Å². The van der Waals surface area contributed by atoms with Gasteiger partial charge in [0.1, 0.15) is 6.04 Å². The van der Waals surface area contributed by atoms with E-state index in [1.807, 2.05) is 0 Å². The summed E-state index contributed by atoms with van der Waals surface area (Å²) < 4.78 is 37.5. The van der Waals surface area contributed by atoms with E-state index in [9.17, 15) is 18.0 Å². The van der Waals surface area contributed by atoms with Gasteiger partial charge in [-0.15, -0.1) is 0 Å². The first-order valence-electron chi connectivity index (χ1n) is 4.40. The molecule has 1 unspecified atom stereocenters. The van der Waals surface area contributed by atoms with Crippen molar-refractivity contribution in [3.8, 4) is 0 Å². The fourth-order valence-corrected chi connectivity index (χ4v) is 1.43. The van der Waals surface area contributed by atoms with Crippen LogP contribution in [0.5, 0.6) is 0 Å². The summed E-state index contributed by atoms with van der Waals surface area (Å²) in [5.41, 5.74) is 4.25. The van der Waals surface area contributed by atoms with Gasteiger partial charge >= 0.3 is 12.1 Å². The molecule has 0 radical (unpaired) electrons. The highest BCUT2D eigenvalue weighted by atomic mass is 19.4. The molecule has 0 fully saturated rings. The lowest BCUT2D eigenvalue weighted by molar-refractivity contribution is -0.140. The predicted octanol–water partition coefficient (Wildman–Crippen LogP) is 2.10. The first-order valence-corrected chi connectivity index (χ1v) is 4.40. The Hall–Kier alpha value is -1.56. The van der Waals surface area contributed by atoms with Crippen LogP contribution in [-0.2, 0) is 11.0 Å². The van der Waals surface area contributed by atoms with Gasteiger partial charge in [0.05, 0.1) is 5.56 Å². The Morgan fingerprint density at radius 2 is 2.00 bits per heavy atom. The highest BCUT2D eigenvalue weighted by Crippen LogP contribution is 2.34. The van der Waals surface area contributed by atoms with E-state index in [0.717, 1.165) is 12.1 Å². The minimum Gasteiger partial charge on any atom is -0.480 e. The van der Waals surface area contributed by atoms with Crippen LogP contribution in [0.1, 0.15) is 22.7 Å². The Kier molecular flexibility index (Phi) is 3.23. The molecular weight excluding hydrogens is 223 g/mol. The third-order valence-electron chi connectivity index (χ3n) is 2.28. The molecule has 1 rings (SSSR count). The summed E-state index contributed by atoms with van der Waals surface area (Å²) in [4.78, 5) is 10.6. The molecule has 0 aliphatic rings. The summed E-state index contributed by atoms with van der Waals surface area (Å²) >= 11 is 0. The second-order valence-electron chi connectivity index (χ2n) is 3.33. The van der Waals surface area contributed by atoms with E-state index < -0.39 is 23.8 Å². The first-order chi connectivity index (χ1) is 7.25. The maximum atomic E-state index is 12.5. The molecule has 0 saturated carbocycles. The fourth-order valence-electron chi connectivity index (χ4n) is 1.43. The zero-order valence-corrected chi connectivity index (χ0v) is 8.38. The van der Waals surface area contributed by atoms with Crippen molar-refractivity contribution in [2.45, 2.75) is 19.1 Å². The maximum absolute atomic E-state index is 12.5. The zero-order valence-electron chi connectivity index (χ0n) is 8.38. The number of hydrogen-bond acceptors (Lipinski definition) is 2. The number of halogens is 3. The number of carboxylic acid groups (broad SMARTS) is 1. The van der Waals surface area contributed by atoms with Crippen molar-refractivity contribution in [1.29, 1.82) is 0 Å². The smallest absolute Gasteiger partial charge is 0.416 e. The molecule has 16 heavy (non-hydrogen) atoms. The summed E-state index contributed by atoms with van der Waals surface area (Å²) in [6, 6.07) is 1.88. The molecule has 0 aromatic heterocycles. The second-order valence-corrected chi connectivity index (χ2v) is 3.33. The molecule has 1 aromatic rings. The zero-order chi connectivity index (χ0) is 12.5. The van der Waals surface area contributed by atoms with Gasteiger partial charge in [-0.05, 0) is 24.1 Å². The van der Waals surface area contributed by atoms with E-state index in [1.54, 1.807) is 0 Å². The molecule has 6 heteroatoms. The quantitative estimate of drug-likeness (QED) is 0.822. The van der Waals surface area contributed by atoms with Gasteiger partial charge in [-0.25, -0.2) is 0 Å². The number of hydrogen-bond donors (Lipinski definition) is 2. The van der Waals surface area contributed by atoms with E-state index in [4.69, 9.17) is 10.8 Å². The molecule has 0 aliphatic carbocycles. The average Bonchev–Trinajstić information content (AvgIpc) is 2.15. The number of carbonyl (C=O) groups is 1. The van der Waals surface area contributed by atoms with Crippen LogP contribution in [0.2, 0.25) is 0 Å². The average molecular weight is 233 g/mol. The Balaban J connectivity index is 3.30. The second kappa shape index (κ2) is 4.13. The van der Waals surface area contributed by atoms with Crippen molar-refractivity contribution >= 4 is 5.97 Å². The van der Waals surface area contributed by atoms with Gasteiger partial charge in [0.25, 0.3) is 0 Å². The first kappa shape index (κ1) is 12.5. The third-order valence-corrected chi connectivity index (χ3v) is 2.28. The summed E-state index contributed by atoms with van der Waals surface area (Å²) in [6.45, 7) is 1.21. The summed E-state index contributed by atoms with van der Waals surface area (Å²) in [5, 5.41) is 8.65. The third kappa shape index (κ3) is 2.33. The number of aliphatic carboxylic acids is 1. The van der Waals surface area contributed by atoms with Crippen molar-refractivity contribution in [3.63, 3.8) is 0 Å². The number of nitrogens with two attached hydrogens (primary N) is 1. The van der Waals surface area contributed by atoms with Gasteiger partial charge in [0, 0.05) is 0 Å². The lowest BCUT2D eigenvalue weighted by atomic mass is 9.97. The monoisotopic (exact) mass is 233 g/mol. The van der Waals surface area contributed by atoms with Gasteiger partial charge in [-0.3, -0.25) is 4.79 Å². The van der Waals surface area contributed by atoms with E-state index in [0.29, 0.717) is 0 Å². The normalized spacial score (nSPS) is 13.6. The minimum absolute atomic E-state index is 0.0256. The summed E-state index contributed by atoms with van der Waals surface area (Å²) in [7, 11) is 0. The standard InChI is InChI=1S/C10H10F3NO2/c1-5-6(8(14)9(15)16)3-2-4-7(5)10(11,12)13/h2-4,8H,14H2,1H3,(H,15,16). The van der Waals surface area contributed by atoms with Gasteiger partial charge in [0.15, 0.2) is 0 Å². The predicted molar refractivity (Wildman–Crippen MR) is 50.7 cm³/mol. The molecule has 3 N–H and O–H groups in total. The Bertz CT molecular complexity index is 415. The molecule has 1 aromatic carbocycles. The molecule has 0 heterocycles. The minimum atomic E-state index is -4.50. The lowest BCUT2D eigenvalue weighted by Crippen LogP contribution is -2.23. The van der Waals surface area contributed by atoms with E-state index in [1.165, 1.54) is 13.0 Å². The molecule has 3 nitrogen and oxygen atoms in total. The fraction of sp³-hybridized carbons (Fsp3) is 0.300. The Morgan fingerprint density at radius 1 is 1.44 bits per heavy atom. The van der Waals surface area contributed by atoms with Crippen LogP contribution < -0.4 is 5.73 Å². The largest absolute Gasteiger partial charge is 0.480 e. The number of rotatable bonds is 2. The number of alkyl halides is 3. The van der Waals surface area contributed by atoms with E-state index in [-0.39, 0.29) is 11.1 Å². The van der Waals surface area contributed by atoms with Gasteiger partial charge in [-0.1, -0.05) is 12.1 Å². The lowest BCUT2D eigenvalue weighted by Gasteiger charge is -2.15. The van der Waals surface area contributed by atoms with Crippen LogP contribution in [0.3, 0.4) is 0 Å². The highest BCUT2D eigenvalue weighted by molar-refractivity contribution is 5.76. The van der Waals surface area contributed by atoms with E-state index in [2.05, 4.69) is 0 Å². The molecule has 0 amide bonds. The molecular formula is C10H10F3NO2. The van der Waals surface area contributed by atoms with Crippen LogP contribution in [0.25, 0.3) is 0 Å². The summed E-state index contributed by atoms with van der Waals surface area (Å²) in [6.07, 6.45) is -4.50. The SMILES string of the molecule is Cc1c(C(N)C(=O)O)cccc1C(F)(F)F. The van der Waals surface area contributed by atoms with Crippen molar-refractivity contribution < 1.29 is 23.1 Å². The molecule has 1 atom stereocenters. The Labute approximate surface area is 89.7 Å². The van der Waals surface area contributed by atoms with Crippen molar-refractivity contribution in [1.82, 2.24) is 0 Å². The van der Waals surface area contributed by atoms with Crippen LogP contribution in [0.4, 0.5) is 13.2 Å². The van der Waals surface area contributed by atoms with Crippen LogP contribution in [0, 0.1) is 6.92 Å². The summed E-state index contributed by atoms with van der Waals surface area (Å²) in [5.74, 6) is -1.36. The molecule has 0 saturated heterocycles. The molecule has 0 spiro atoms. The van der Waals surface area contributed by atoms with Gasteiger partial charge < -0.3 is 10.8 Å². The molecule has 0 aliphatic heterocycles. The van der Waals surface area contributed by atoms with Crippen molar-refractivity contribution in [2.24, 2.45) is 5.73 Å². The number of carboxylic acids is 1. The maximum Gasteiger partial charge on any atom is 0.416 e. The van der Waals surface area contributed by atoms with Crippen LogP contribution in [-0.4, -0.2) is 11.1 Å². The van der Waals surface area contributed by atoms with Crippen LogP contribution in [0.15, 0.2) is 18.2 Å². The Morgan fingerprint density at radius 3 is 2.44 bits per heavy atom.